The highest BCUT2D eigenvalue weighted by Gasteiger charge is 2.39. The van der Waals surface area contributed by atoms with Crippen molar-refractivity contribution >= 4 is 17.5 Å². The molecule has 0 aliphatic carbocycles. The number of anilines is 1. The molecule has 2 aromatic rings. The van der Waals surface area contributed by atoms with Crippen LogP contribution in [0.2, 0.25) is 0 Å². The van der Waals surface area contributed by atoms with Crippen molar-refractivity contribution in [3.05, 3.63) is 35.9 Å². The van der Waals surface area contributed by atoms with Crippen LogP contribution in [-0.2, 0) is 17.8 Å². The lowest BCUT2D eigenvalue weighted by Gasteiger charge is -2.25. The van der Waals surface area contributed by atoms with Crippen LogP contribution in [0.15, 0.2) is 24.3 Å². The molecular formula is C18H21N5O3. The molecule has 26 heavy (non-hydrogen) atoms. The third-order valence-corrected chi connectivity index (χ3v) is 5.26. The van der Waals surface area contributed by atoms with Crippen LogP contribution in [0, 0.1) is 11.8 Å². The SMILES string of the molecule is COc1ccc(NC(=O)c2nnc3n2CC2CN(C(C)=O)CC2C3)cc1. The van der Waals surface area contributed by atoms with Crippen LogP contribution in [0.4, 0.5) is 5.69 Å². The van der Waals surface area contributed by atoms with E-state index < -0.39 is 0 Å². The number of likely N-dealkylation sites (tertiary alicyclic amines) is 1. The highest BCUT2D eigenvalue weighted by atomic mass is 16.5. The molecule has 3 heterocycles. The number of fused-ring (bicyclic) bond motifs is 2. The van der Waals surface area contributed by atoms with Crippen molar-refractivity contribution in [3.8, 4) is 5.75 Å². The van der Waals surface area contributed by atoms with Crippen molar-refractivity contribution in [2.24, 2.45) is 11.8 Å². The number of rotatable bonds is 3. The Morgan fingerprint density at radius 3 is 2.54 bits per heavy atom. The zero-order chi connectivity index (χ0) is 18.3. The summed E-state index contributed by atoms with van der Waals surface area (Å²) in [5.41, 5.74) is 0.672. The molecule has 1 aromatic carbocycles. The number of nitrogens with zero attached hydrogens (tertiary/aromatic N) is 4. The number of hydrogen-bond acceptors (Lipinski definition) is 5. The van der Waals surface area contributed by atoms with E-state index in [4.69, 9.17) is 4.74 Å². The summed E-state index contributed by atoms with van der Waals surface area (Å²) >= 11 is 0. The van der Waals surface area contributed by atoms with Crippen LogP contribution in [0.1, 0.15) is 23.4 Å². The molecule has 0 radical (unpaired) electrons. The number of benzene rings is 1. The molecule has 1 N–H and O–H groups in total. The van der Waals surface area contributed by atoms with Gasteiger partial charge in [-0.1, -0.05) is 0 Å². The number of hydrogen-bond donors (Lipinski definition) is 1. The summed E-state index contributed by atoms with van der Waals surface area (Å²) in [7, 11) is 1.60. The number of carbonyl (C=O) groups excluding carboxylic acids is 2. The van der Waals surface area contributed by atoms with Gasteiger partial charge in [-0.05, 0) is 36.1 Å². The van der Waals surface area contributed by atoms with E-state index in [-0.39, 0.29) is 11.8 Å². The molecule has 0 spiro atoms. The summed E-state index contributed by atoms with van der Waals surface area (Å²) in [5, 5.41) is 11.2. The van der Waals surface area contributed by atoms with Crippen molar-refractivity contribution < 1.29 is 14.3 Å². The maximum Gasteiger partial charge on any atom is 0.293 e. The van der Waals surface area contributed by atoms with Gasteiger partial charge in [0.2, 0.25) is 11.7 Å². The molecule has 1 saturated heterocycles. The fraction of sp³-hybridized carbons (Fsp3) is 0.444. The van der Waals surface area contributed by atoms with Crippen LogP contribution in [0.25, 0.3) is 0 Å². The van der Waals surface area contributed by atoms with Crippen LogP contribution >= 0.6 is 0 Å². The smallest absolute Gasteiger partial charge is 0.293 e. The van der Waals surface area contributed by atoms with Crippen molar-refractivity contribution in [1.82, 2.24) is 19.7 Å². The van der Waals surface area contributed by atoms with E-state index in [0.29, 0.717) is 29.9 Å². The molecule has 2 aliphatic heterocycles. The summed E-state index contributed by atoms with van der Waals surface area (Å²) in [4.78, 5) is 26.2. The Kier molecular flexibility index (Phi) is 4.10. The number of ether oxygens (including phenoxy) is 1. The highest BCUT2D eigenvalue weighted by molar-refractivity contribution is 6.01. The Balaban J connectivity index is 1.50. The van der Waals surface area contributed by atoms with Gasteiger partial charge in [-0.3, -0.25) is 9.59 Å². The molecule has 1 fully saturated rings. The molecule has 4 rings (SSSR count). The summed E-state index contributed by atoms with van der Waals surface area (Å²) < 4.78 is 7.01. The first-order valence-corrected chi connectivity index (χ1v) is 8.68. The van der Waals surface area contributed by atoms with Crippen LogP contribution in [0.5, 0.6) is 5.75 Å². The van der Waals surface area contributed by atoms with Gasteiger partial charge in [-0.25, -0.2) is 0 Å². The number of nitrogens with one attached hydrogen (secondary N) is 1. The molecule has 1 aromatic heterocycles. The minimum Gasteiger partial charge on any atom is -0.497 e. The average Bonchev–Trinajstić information content (AvgIpc) is 3.23. The van der Waals surface area contributed by atoms with E-state index >= 15 is 0 Å². The molecule has 8 nitrogen and oxygen atoms in total. The highest BCUT2D eigenvalue weighted by Crippen LogP contribution is 2.32. The molecule has 2 amide bonds. The van der Waals surface area contributed by atoms with Crippen LogP contribution in [0.3, 0.4) is 0 Å². The van der Waals surface area contributed by atoms with Crippen molar-refractivity contribution in [1.29, 1.82) is 0 Å². The first-order valence-electron chi connectivity index (χ1n) is 8.68. The zero-order valence-electron chi connectivity index (χ0n) is 14.8. The summed E-state index contributed by atoms with van der Waals surface area (Å²) in [6.07, 6.45) is 0.747. The number of methoxy groups -OCH3 is 1. The Morgan fingerprint density at radius 1 is 1.12 bits per heavy atom. The molecule has 0 saturated carbocycles. The molecule has 2 unspecified atom stereocenters. The van der Waals surface area contributed by atoms with E-state index in [2.05, 4.69) is 15.5 Å². The first-order chi connectivity index (χ1) is 12.5. The largest absolute Gasteiger partial charge is 0.497 e. The molecule has 0 bridgehead atoms. The quantitative estimate of drug-likeness (QED) is 0.893. The third-order valence-electron chi connectivity index (χ3n) is 5.26. The molecule has 2 atom stereocenters. The van der Waals surface area contributed by atoms with Gasteiger partial charge >= 0.3 is 0 Å². The second-order valence-electron chi connectivity index (χ2n) is 6.88. The van der Waals surface area contributed by atoms with Gasteiger partial charge in [0.05, 0.1) is 7.11 Å². The van der Waals surface area contributed by atoms with Gasteiger partial charge < -0.3 is 19.5 Å². The molecular weight excluding hydrogens is 334 g/mol. The van der Waals surface area contributed by atoms with E-state index in [1.54, 1.807) is 38.3 Å². The standard InChI is InChI=1S/C18H21N5O3/c1-11(24)22-8-12-7-16-20-21-17(23(16)10-13(12)9-22)18(25)19-14-3-5-15(26-2)6-4-14/h3-6,12-13H,7-10H2,1-2H3,(H,19,25). The van der Waals surface area contributed by atoms with E-state index in [1.165, 1.54) is 0 Å². The van der Waals surface area contributed by atoms with E-state index in [9.17, 15) is 9.59 Å². The third kappa shape index (κ3) is 2.91. The van der Waals surface area contributed by atoms with Crippen molar-refractivity contribution in [2.75, 3.05) is 25.5 Å². The molecule has 8 heteroatoms. The van der Waals surface area contributed by atoms with Gasteiger partial charge in [0.1, 0.15) is 11.6 Å². The zero-order valence-corrected chi connectivity index (χ0v) is 14.8. The van der Waals surface area contributed by atoms with E-state index in [0.717, 1.165) is 31.1 Å². The summed E-state index contributed by atoms with van der Waals surface area (Å²) in [6, 6.07) is 7.13. The van der Waals surface area contributed by atoms with E-state index in [1.807, 2.05) is 9.47 Å². The van der Waals surface area contributed by atoms with Gasteiger partial charge in [-0.15, -0.1) is 10.2 Å². The van der Waals surface area contributed by atoms with Gasteiger partial charge in [-0.2, -0.15) is 0 Å². The predicted octanol–water partition coefficient (Wildman–Crippen LogP) is 1.19. The van der Waals surface area contributed by atoms with Crippen LogP contribution < -0.4 is 10.1 Å². The number of aromatic nitrogens is 3. The van der Waals surface area contributed by atoms with Gasteiger partial charge in [0, 0.05) is 38.7 Å². The molecule has 2 aliphatic rings. The van der Waals surface area contributed by atoms with Crippen molar-refractivity contribution in [2.45, 2.75) is 19.9 Å². The molecule has 136 valence electrons. The lowest BCUT2D eigenvalue weighted by molar-refractivity contribution is -0.128. The number of amides is 2. The lowest BCUT2D eigenvalue weighted by atomic mass is 9.89. The topological polar surface area (TPSA) is 89.3 Å². The second kappa shape index (κ2) is 6.44. The minimum atomic E-state index is -0.284. The Hall–Kier alpha value is -2.90. The maximum absolute atomic E-state index is 12.6. The Bertz CT molecular complexity index is 845. The fourth-order valence-corrected chi connectivity index (χ4v) is 3.81. The predicted molar refractivity (Wildman–Crippen MR) is 93.9 cm³/mol. The van der Waals surface area contributed by atoms with Crippen LogP contribution in [-0.4, -0.2) is 51.7 Å². The maximum atomic E-state index is 12.6. The summed E-state index contributed by atoms with van der Waals surface area (Å²) in [5.74, 6) is 2.42. The van der Waals surface area contributed by atoms with Gasteiger partial charge in [0.15, 0.2) is 0 Å². The monoisotopic (exact) mass is 355 g/mol. The fourth-order valence-electron chi connectivity index (χ4n) is 3.81. The Labute approximate surface area is 151 Å². The minimum absolute atomic E-state index is 0.104. The average molecular weight is 355 g/mol. The normalized spacial score (nSPS) is 21.1. The lowest BCUT2D eigenvalue weighted by Crippen LogP contribution is -2.31. The number of carbonyl (C=O) groups is 2. The Morgan fingerprint density at radius 2 is 1.85 bits per heavy atom. The summed E-state index contributed by atoms with van der Waals surface area (Å²) in [6.45, 7) is 3.77. The van der Waals surface area contributed by atoms with Crippen molar-refractivity contribution in [3.63, 3.8) is 0 Å². The van der Waals surface area contributed by atoms with Gasteiger partial charge in [0.25, 0.3) is 5.91 Å². The second-order valence-corrected chi connectivity index (χ2v) is 6.88. The first kappa shape index (κ1) is 16.6.